The third-order valence-corrected chi connectivity index (χ3v) is 4.34. The molecule has 2 aromatic heterocycles. The standard InChI is InChI=1S/C19H16N4O4/c1-23-14-8-4-7-13(17(14)27-19(23)26)21-16(24)10-9-15-20-12-6-3-2-5-11(12)18(25)22-15/h2-8H,9-10H2,1H3,(H,21,24)(H,20,22,25). The van der Waals surface area contributed by atoms with Crippen LogP contribution < -0.4 is 16.6 Å². The zero-order valence-electron chi connectivity index (χ0n) is 14.5. The van der Waals surface area contributed by atoms with Crippen molar-refractivity contribution in [1.29, 1.82) is 0 Å². The highest BCUT2D eigenvalue weighted by Crippen LogP contribution is 2.22. The molecule has 0 saturated carbocycles. The van der Waals surface area contributed by atoms with Gasteiger partial charge >= 0.3 is 5.76 Å². The number of nitrogens with zero attached hydrogens (tertiary/aromatic N) is 2. The zero-order chi connectivity index (χ0) is 19.0. The molecule has 27 heavy (non-hydrogen) atoms. The summed E-state index contributed by atoms with van der Waals surface area (Å²) >= 11 is 0. The van der Waals surface area contributed by atoms with E-state index < -0.39 is 5.76 Å². The first-order valence-corrected chi connectivity index (χ1v) is 8.39. The molecule has 0 unspecified atom stereocenters. The SMILES string of the molecule is Cn1c(=O)oc2c(NC(=O)CCc3nc4ccccc4c(=O)[nH]3)cccc21. The van der Waals surface area contributed by atoms with Crippen molar-refractivity contribution in [2.24, 2.45) is 7.05 Å². The third kappa shape index (κ3) is 3.12. The summed E-state index contributed by atoms with van der Waals surface area (Å²) in [4.78, 5) is 43.1. The van der Waals surface area contributed by atoms with E-state index in [0.29, 0.717) is 33.5 Å². The smallest absolute Gasteiger partial charge is 0.405 e. The monoisotopic (exact) mass is 364 g/mol. The quantitative estimate of drug-likeness (QED) is 0.575. The zero-order valence-corrected chi connectivity index (χ0v) is 14.5. The van der Waals surface area contributed by atoms with Crippen molar-refractivity contribution in [3.63, 3.8) is 0 Å². The van der Waals surface area contributed by atoms with Gasteiger partial charge in [0.05, 0.1) is 22.1 Å². The lowest BCUT2D eigenvalue weighted by Crippen LogP contribution is -2.16. The van der Waals surface area contributed by atoms with Crippen LogP contribution in [0.5, 0.6) is 0 Å². The minimum Gasteiger partial charge on any atom is -0.405 e. The number of hydrogen-bond acceptors (Lipinski definition) is 5. The fraction of sp³-hybridized carbons (Fsp3) is 0.158. The van der Waals surface area contributed by atoms with Gasteiger partial charge in [-0.15, -0.1) is 0 Å². The minimum atomic E-state index is -0.496. The number of anilines is 1. The van der Waals surface area contributed by atoms with Crippen LogP contribution in [0.15, 0.2) is 56.5 Å². The average Bonchev–Trinajstić information content (AvgIpc) is 2.96. The molecule has 0 fully saturated rings. The Kier molecular flexibility index (Phi) is 4.08. The van der Waals surface area contributed by atoms with E-state index >= 15 is 0 Å². The normalized spacial score (nSPS) is 11.1. The Labute approximate surface area is 152 Å². The largest absolute Gasteiger partial charge is 0.419 e. The number of benzene rings is 2. The van der Waals surface area contributed by atoms with Gasteiger partial charge in [-0.05, 0) is 24.3 Å². The van der Waals surface area contributed by atoms with Gasteiger partial charge in [-0.2, -0.15) is 0 Å². The Morgan fingerprint density at radius 2 is 2.00 bits per heavy atom. The molecule has 0 spiro atoms. The highest BCUT2D eigenvalue weighted by atomic mass is 16.4. The lowest BCUT2D eigenvalue weighted by Gasteiger charge is -2.06. The van der Waals surface area contributed by atoms with Crippen molar-refractivity contribution in [3.05, 3.63) is 69.2 Å². The predicted octanol–water partition coefficient (Wildman–Crippen LogP) is 1.94. The van der Waals surface area contributed by atoms with Crippen molar-refractivity contribution in [2.75, 3.05) is 5.32 Å². The van der Waals surface area contributed by atoms with Crippen LogP contribution in [0, 0.1) is 0 Å². The van der Waals surface area contributed by atoms with Crippen molar-refractivity contribution >= 4 is 33.6 Å². The molecule has 4 rings (SSSR count). The van der Waals surface area contributed by atoms with Gasteiger partial charge in [-0.1, -0.05) is 18.2 Å². The number of hydrogen-bond donors (Lipinski definition) is 2. The number of carbonyl (C=O) groups excluding carboxylic acids is 1. The van der Waals surface area contributed by atoms with Crippen LogP contribution in [0.25, 0.3) is 22.0 Å². The summed E-state index contributed by atoms with van der Waals surface area (Å²) in [5.74, 6) is -0.326. The first-order chi connectivity index (χ1) is 13.0. The third-order valence-electron chi connectivity index (χ3n) is 4.34. The summed E-state index contributed by atoms with van der Waals surface area (Å²) in [5, 5.41) is 3.25. The summed E-state index contributed by atoms with van der Waals surface area (Å²) in [6.07, 6.45) is 0.398. The van der Waals surface area contributed by atoms with Gasteiger partial charge < -0.3 is 14.7 Å². The minimum absolute atomic E-state index is 0.120. The molecule has 0 radical (unpaired) electrons. The maximum Gasteiger partial charge on any atom is 0.419 e. The van der Waals surface area contributed by atoms with E-state index in [1.807, 2.05) is 0 Å². The van der Waals surface area contributed by atoms with E-state index in [-0.39, 0.29) is 24.3 Å². The van der Waals surface area contributed by atoms with Crippen LogP contribution >= 0.6 is 0 Å². The Bertz CT molecular complexity index is 1280. The highest BCUT2D eigenvalue weighted by Gasteiger charge is 2.13. The van der Waals surface area contributed by atoms with Crippen molar-refractivity contribution in [2.45, 2.75) is 12.8 Å². The summed E-state index contributed by atoms with van der Waals surface area (Å²) in [6.45, 7) is 0. The Balaban J connectivity index is 1.52. The van der Waals surface area contributed by atoms with Gasteiger partial charge in [-0.25, -0.2) is 9.78 Å². The molecule has 8 heteroatoms. The second-order valence-corrected chi connectivity index (χ2v) is 6.16. The molecule has 2 N–H and O–H groups in total. The first-order valence-electron chi connectivity index (χ1n) is 8.39. The molecule has 0 aliphatic rings. The van der Waals surface area contributed by atoms with Gasteiger partial charge in [0.2, 0.25) is 5.91 Å². The first kappa shape index (κ1) is 16.8. The Morgan fingerprint density at radius 1 is 1.19 bits per heavy atom. The summed E-state index contributed by atoms with van der Waals surface area (Å²) in [6, 6.07) is 12.2. The van der Waals surface area contributed by atoms with Crippen LogP contribution in [0.4, 0.5) is 5.69 Å². The van der Waals surface area contributed by atoms with Crippen molar-refractivity contribution < 1.29 is 9.21 Å². The number of aryl methyl sites for hydroxylation is 2. The van der Waals surface area contributed by atoms with Crippen molar-refractivity contribution in [3.8, 4) is 0 Å². The molecular formula is C19H16N4O4. The van der Waals surface area contributed by atoms with Gasteiger partial charge in [0.15, 0.2) is 5.58 Å². The van der Waals surface area contributed by atoms with E-state index in [2.05, 4.69) is 15.3 Å². The number of aromatic nitrogens is 3. The number of fused-ring (bicyclic) bond motifs is 2. The van der Waals surface area contributed by atoms with Crippen LogP contribution in [0.2, 0.25) is 0 Å². The summed E-state index contributed by atoms with van der Waals surface area (Å²) in [7, 11) is 1.60. The number of para-hydroxylation sites is 2. The Morgan fingerprint density at radius 3 is 2.85 bits per heavy atom. The number of nitrogens with one attached hydrogen (secondary N) is 2. The fourth-order valence-corrected chi connectivity index (χ4v) is 2.95. The van der Waals surface area contributed by atoms with E-state index in [4.69, 9.17) is 4.42 Å². The molecule has 0 aliphatic heterocycles. The number of amides is 1. The van der Waals surface area contributed by atoms with Gasteiger partial charge in [0, 0.05) is 19.9 Å². The number of oxazole rings is 1. The molecule has 2 heterocycles. The number of rotatable bonds is 4. The molecule has 2 aromatic carbocycles. The van der Waals surface area contributed by atoms with Crippen LogP contribution in [0.1, 0.15) is 12.2 Å². The molecule has 4 aromatic rings. The van der Waals surface area contributed by atoms with Crippen molar-refractivity contribution in [1.82, 2.24) is 14.5 Å². The van der Waals surface area contributed by atoms with Gasteiger partial charge in [0.1, 0.15) is 5.82 Å². The maximum atomic E-state index is 12.3. The highest BCUT2D eigenvalue weighted by molar-refractivity contribution is 5.98. The second kappa shape index (κ2) is 6.56. The van der Waals surface area contributed by atoms with E-state index in [0.717, 1.165) is 0 Å². The van der Waals surface area contributed by atoms with Crippen LogP contribution in [-0.4, -0.2) is 20.4 Å². The van der Waals surface area contributed by atoms with Crippen LogP contribution in [0.3, 0.4) is 0 Å². The molecule has 8 nitrogen and oxygen atoms in total. The number of carbonyl (C=O) groups is 1. The topological polar surface area (TPSA) is 110 Å². The molecule has 0 saturated heterocycles. The van der Waals surface area contributed by atoms with E-state index in [1.165, 1.54) is 4.57 Å². The predicted molar refractivity (Wildman–Crippen MR) is 101 cm³/mol. The van der Waals surface area contributed by atoms with Gasteiger partial charge in [-0.3, -0.25) is 14.2 Å². The fourth-order valence-electron chi connectivity index (χ4n) is 2.95. The average molecular weight is 364 g/mol. The molecule has 136 valence electrons. The lowest BCUT2D eigenvalue weighted by molar-refractivity contribution is -0.116. The summed E-state index contributed by atoms with van der Waals surface area (Å²) < 4.78 is 6.56. The summed E-state index contributed by atoms with van der Waals surface area (Å²) in [5.41, 5.74) is 1.71. The van der Waals surface area contributed by atoms with Gasteiger partial charge in [0.25, 0.3) is 5.56 Å². The molecule has 0 aliphatic carbocycles. The lowest BCUT2D eigenvalue weighted by atomic mass is 10.2. The molecule has 0 bridgehead atoms. The number of aromatic amines is 1. The number of H-pyrrole nitrogens is 1. The maximum absolute atomic E-state index is 12.3. The van der Waals surface area contributed by atoms with Crippen LogP contribution in [-0.2, 0) is 18.3 Å². The Hall–Kier alpha value is -3.68. The van der Waals surface area contributed by atoms with E-state index in [9.17, 15) is 14.4 Å². The molecular weight excluding hydrogens is 348 g/mol. The van der Waals surface area contributed by atoms with E-state index in [1.54, 1.807) is 49.5 Å². The molecule has 1 amide bonds. The molecule has 0 atom stereocenters. The second-order valence-electron chi connectivity index (χ2n) is 6.16.